The summed E-state index contributed by atoms with van der Waals surface area (Å²) in [6, 6.07) is 18.3. The third kappa shape index (κ3) is 6.24. The Bertz CT molecular complexity index is 1170. The van der Waals surface area contributed by atoms with Crippen LogP contribution >= 0.6 is 0 Å². The van der Waals surface area contributed by atoms with E-state index in [9.17, 15) is 13.2 Å². The van der Waals surface area contributed by atoms with E-state index < -0.39 is 10.0 Å². The molecule has 0 saturated heterocycles. The van der Waals surface area contributed by atoms with E-state index in [2.05, 4.69) is 10.0 Å². The lowest BCUT2D eigenvalue weighted by atomic mass is 10.1. The Balaban J connectivity index is 1.57. The summed E-state index contributed by atoms with van der Waals surface area (Å²) in [5.41, 5.74) is 3.17. The fraction of sp³-hybridized carbons (Fsp3) is 0.208. The Hall–Kier alpha value is -3.52. The number of carbonyl (C=O) groups is 1. The van der Waals surface area contributed by atoms with Gasteiger partial charge in [-0.15, -0.1) is 0 Å². The number of rotatable bonds is 9. The third-order valence-corrected chi connectivity index (χ3v) is 5.99. The second-order valence-electron chi connectivity index (χ2n) is 7.19. The predicted octanol–water partition coefficient (Wildman–Crippen LogP) is 4.52. The van der Waals surface area contributed by atoms with Gasteiger partial charge in [-0.1, -0.05) is 12.1 Å². The summed E-state index contributed by atoms with van der Waals surface area (Å²) in [4.78, 5) is 12.3. The number of hydrogen-bond acceptors (Lipinski definition) is 5. The van der Waals surface area contributed by atoms with Gasteiger partial charge < -0.3 is 14.8 Å². The normalized spacial score (nSPS) is 11.0. The molecule has 0 aromatic heterocycles. The molecule has 8 heteroatoms. The Morgan fingerprint density at radius 2 is 1.50 bits per heavy atom. The first-order chi connectivity index (χ1) is 15.3. The zero-order valence-electron chi connectivity index (χ0n) is 18.2. The molecule has 0 spiro atoms. The minimum Gasteiger partial charge on any atom is -0.494 e. The van der Waals surface area contributed by atoms with Crippen molar-refractivity contribution in [3.63, 3.8) is 0 Å². The van der Waals surface area contributed by atoms with Crippen LogP contribution in [0.25, 0.3) is 0 Å². The van der Waals surface area contributed by atoms with E-state index in [0.29, 0.717) is 23.8 Å². The summed E-state index contributed by atoms with van der Waals surface area (Å²) in [7, 11) is -3.76. The van der Waals surface area contributed by atoms with Gasteiger partial charge >= 0.3 is 0 Å². The van der Waals surface area contributed by atoms with Crippen molar-refractivity contribution in [2.75, 3.05) is 23.3 Å². The molecule has 0 radical (unpaired) electrons. The largest absolute Gasteiger partial charge is 0.494 e. The van der Waals surface area contributed by atoms with Gasteiger partial charge in [-0.2, -0.15) is 0 Å². The molecule has 0 atom stereocenters. The van der Waals surface area contributed by atoms with Crippen molar-refractivity contribution in [2.24, 2.45) is 0 Å². The van der Waals surface area contributed by atoms with Crippen LogP contribution in [0.2, 0.25) is 0 Å². The molecule has 0 heterocycles. The molecule has 1 amide bonds. The van der Waals surface area contributed by atoms with Gasteiger partial charge in [-0.3, -0.25) is 9.52 Å². The number of amides is 1. The first kappa shape index (κ1) is 23.1. The number of hydrogen-bond donors (Lipinski definition) is 2. The molecule has 0 aliphatic heterocycles. The van der Waals surface area contributed by atoms with E-state index in [0.717, 1.165) is 16.8 Å². The number of ether oxygens (including phenoxy) is 2. The second-order valence-corrected chi connectivity index (χ2v) is 8.87. The molecule has 7 nitrogen and oxygen atoms in total. The van der Waals surface area contributed by atoms with Gasteiger partial charge in [0.25, 0.3) is 15.9 Å². The molecule has 3 rings (SSSR count). The molecule has 0 bridgehead atoms. The molecular formula is C24H26N2O5S. The average molecular weight is 455 g/mol. The van der Waals surface area contributed by atoms with Crippen molar-refractivity contribution in [3.8, 4) is 11.5 Å². The van der Waals surface area contributed by atoms with E-state index in [1.807, 2.05) is 39.0 Å². The smallest absolute Gasteiger partial charge is 0.262 e. The molecule has 0 aliphatic carbocycles. The van der Waals surface area contributed by atoms with Crippen LogP contribution in [-0.4, -0.2) is 27.5 Å². The molecule has 168 valence electrons. The molecule has 3 aromatic carbocycles. The van der Waals surface area contributed by atoms with Gasteiger partial charge in [0.2, 0.25) is 0 Å². The van der Waals surface area contributed by atoms with Crippen molar-refractivity contribution in [1.29, 1.82) is 0 Å². The zero-order valence-corrected chi connectivity index (χ0v) is 19.0. The Labute approximate surface area is 188 Å². The van der Waals surface area contributed by atoms with Gasteiger partial charge in [-0.05, 0) is 86.5 Å². The van der Waals surface area contributed by atoms with Crippen molar-refractivity contribution in [2.45, 2.75) is 25.7 Å². The van der Waals surface area contributed by atoms with E-state index in [4.69, 9.17) is 9.47 Å². The summed E-state index contributed by atoms with van der Waals surface area (Å²) in [5.74, 6) is 0.757. The molecule has 0 saturated carbocycles. The number of anilines is 2. The molecule has 3 aromatic rings. The van der Waals surface area contributed by atoms with Crippen LogP contribution in [0.3, 0.4) is 0 Å². The van der Waals surface area contributed by atoms with Crippen LogP contribution < -0.4 is 19.5 Å². The standard InChI is InChI=1S/C24H26N2O5S/c1-4-30-20-9-7-19(8-10-20)26-32(28,29)22-13-11-21(12-14-22)31-16-24(27)25-23-15-17(2)5-6-18(23)3/h5-15,26H,4,16H2,1-3H3,(H,25,27). The van der Waals surface area contributed by atoms with Crippen molar-refractivity contribution in [1.82, 2.24) is 0 Å². The first-order valence-electron chi connectivity index (χ1n) is 10.1. The van der Waals surface area contributed by atoms with Gasteiger partial charge in [0.1, 0.15) is 11.5 Å². The van der Waals surface area contributed by atoms with Crippen LogP contribution in [0, 0.1) is 13.8 Å². The Morgan fingerprint density at radius 1 is 0.875 bits per heavy atom. The maximum absolute atomic E-state index is 12.6. The maximum atomic E-state index is 12.6. The van der Waals surface area contributed by atoms with E-state index in [1.165, 1.54) is 24.3 Å². The highest BCUT2D eigenvalue weighted by Gasteiger charge is 2.15. The highest BCUT2D eigenvalue weighted by molar-refractivity contribution is 7.92. The van der Waals surface area contributed by atoms with Crippen molar-refractivity contribution < 1.29 is 22.7 Å². The number of sulfonamides is 1. The summed E-state index contributed by atoms with van der Waals surface area (Å²) in [6.07, 6.45) is 0. The molecule has 2 N–H and O–H groups in total. The average Bonchev–Trinajstić information content (AvgIpc) is 2.76. The fourth-order valence-corrected chi connectivity index (χ4v) is 3.98. The van der Waals surface area contributed by atoms with Crippen LogP contribution in [0.1, 0.15) is 18.1 Å². The SMILES string of the molecule is CCOc1ccc(NS(=O)(=O)c2ccc(OCC(=O)Nc3cc(C)ccc3C)cc2)cc1. The quantitative estimate of drug-likeness (QED) is 0.496. The lowest BCUT2D eigenvalue weighted by Crippen LogP contribution is -2.20. The highest BCUT2D eigenvalue weighted by atomic mass is 32.2. The number of benzene rings is 3. The monoisotopic (exact) mass is 454 g/mol. The van der Waals surface area contributed by atoms with Gasteiger partial charge in [0.05, 0.1) is 11.5 Å². The second kappa shape index (κ2) is 10.2. The molecule has 0 fully saturated rings. The number of aryl methyl sites for hydroxylation is 2. The van der Waals surface area contributed by atoms with Crippen LogP contribution in [0.15, 0.2) is 71.6 Å². The van der Waals surface area contributed by atoms with E-state index >= 15 is 0 Å². The third-order valence-electron chi connectivity index (χ3n) is 4.59. The summed E-state index contributed by atoms with van der Waals surface area (Å²) in [5, 5.41) is 2.82. The van der Waals surface area contributed by atoms with Gasteiger partial charge in [-0.25, -0.2) is 8.42 Å². The van der Waals surface area contributed by atoms with Crippen molar-refractivity contribution in [3.05, 3.63) is 77.9 Å². The van der Waals surface area contributed by atoms with Gasteiger partial charge in [0.15, 0.2) is 6.61 Å². The lowest BCUT2D eigenvalue weighted by Gasteiger charge is -2.11. The zero-order chi connectivity index (χ0) is 23.1. The van der Waals surface area contributed by atoms with Crippen LogP contribution in [0.4, 0.5) is 11.4 Å². The molecular weight excluding hydrogens is 428 g/mol. The molecule has 32 heavy (non-hydrogen) atoms. The van der Waals surface area contributed by atoms with Gasteiger partial charge in [0, 0.05) is 11.4 Å². The Kier molecular flexibility index (Phi) is 7.37. The van der Waals surface area contributed by atoms with Crippen LogP contribution in [0.5, 0.6) is 11.5 Å². The van der Waals surface area contributed by atoms with Crippen LogP contribution in [-0.2, 0) is 14.8 Å². The minimum atomic E-state index is -3.76. The fourth-order valence-electron chi connectivity index (χ4n) is 2.92. The summed E-state index contributed by atoms with van der Waals surface area (Å²) < 4.78 is 38.6. The van der Waals surface area contributed by atoms with E-state index in [1.54, 1.807) is 24.3 Å². The number of nitrogens with one attached hydrogen (secondary N) is 2. The van der Waals surface area contributed by atoms with E-state index in [-0.39, 0.29) is 17.4 Å². The minimum absolute atomic E-state index is 0.0820. The topological polar surface area (TPSA) is 93.7 Å². The Morgan fingerprint density at radius 3 is 2.16 bits per heavy atom. The lowest BCUT2D eigenvalue weighted by molar-refractivity contribution is -0.118. The molecule has 0 aliphatic rings. The van der Waals surface area contributed by atoms with Crippen molar-refractivity contribution >= 4 is 27.3 Å². The molecule has 0 unspecified atom stereocenters. The predicted molar refractivity (Wildman–Crippen MR) is 125 cm³/mol. The maximum Gasteiger partial charge on any atom is 0.262 e. The number of carbonyl (C=O) groups excluding carboxylic acids is 1. The summed E-state index contributed by atoms with van der Waals surface area (Å²) in [6.45, 7) is 6.08. The highest BCUT2D eigenvalue weighted by Crippen LogP contribution is 2.22. The summed E-state index contributed by atoms with van der Waals surface area (Å²) >= 11 is 0. The first-order valence-corrected chi connectivity index (χ1v) is 11.6.